The molecule has 0 aliphatic carbocycles. The van der Waals surface area contributed by atoms with Crippen molar-refractivity contribution in [3.8, 4) is 17.1 Å². The number of para-hydroxylation sites is 1. The zero-order valence-corrected chi connectivity index (χ0v) is 12.4. The summed E-state index contributed by atoms with van der Waals surface area (Å²) in [5, 5.41) is 3.65. The van der Waals surface area contributed by atoms with Crippen molar-refractivity contribution in [2.75, 3.05) is 0 Å². The van der Waals surface area contributed by atoms with Gasteiger partial charge in [-0.25, -0.2) is 4.39 Å². The molecule has 0 saturated heterocycles. The molecule has 1 heterocycles. The number of alkyl halides is 3. The predicted molar refractivity (Wildman–Crippen MR) is 76.7 cm³/mol. The smallest absolute Gasteiger partial charge is 0.207 e. The third-order valence-electron chi connectivity index (χ3n) is 3.18. The second-order valence-corrected chi connectivity index (χ2v) is 5.16. The molecule has 3 nitrogen and oxygen atoms in total. The van der Waals surface area contributed by atoms with Gasteiger partial charge in [0.05, 0.1) is 16.3 Å². The van der Waals surface area contributed by atoms with Crippen LogP contribution in [0.15, 0.2) is 42.5 Å². The minimum Gasteiger partial charge on any atom is -0.207 e. The quantitative estimate of drug-likeness (QED) is 0.610. The molecule has 0 saturated carbocycles. The van der Waals surface area contributed by atoms with Gasteiger partial charge in [0, 0.05) is 5.56 Å². The Balaban J connectivity index is 2.15. The summed E-state index contributed by atoms with van der Waals surface area (Å²) in [6, 6.07) is 7.61. The van der Waals surface area contributed by atoms with Crippen LogP contribution in [0.25, 0.3) is 17.1 Å². The number of benzene rings is 2. The lowest BCUT2D eigenvalue weighted by atomic mass is 10.2. The van der Waals surface area contributed by atoms with Gasteiger partial charge in [0.25, 0.3) is 0 Å². The fourth-order valence-electron chi connectivity index (χ4n) is 2.13. The van der Waals surface area contributed by atoms with Crippen molar-refractivity contribution >= 4 is 11.6 Å². The maximum Gasteiger partial charge on any atom is 0.418 e. The Morgan fingerprint density at radius 2 is 1.71 bits per heavy atom. The lowest BCUT2D eigenvalue weighted by molar-refractivity contribution is -0.137. The van der Waals surface area contributed by atoms with E-state index in [4.69, 9.17) is 11.6 Å². The molecule has 1 aromatic heterocycles. The highest BCUT2D eigenvalue weighted by Gasteiger charge is 2.34. The summed E-state index contributed by atoms with van der Waals surface area (Å²) in [6.07, 6.45) is -5.94. The van der Waals surface area contributed by atoms with E-state index in [0.717, 1.165) is 24.3 Å². The van der Waals surface area contributed by atoms with Gasteiger partial charge in [-0.15, -0.1) is 5.10 Å². The number of nitrogens with zero attached hydrogens (tertiary/aromatic N) is 3. The first-order valence-electron chi connectivity index (χ1n) is 6.52. The Kier molecular flexibility index (Phi) is 4.00. The molecule has 0 unspecified atom stereocenters. The molecule has 0 atom stereocenters. The molecule has 0 amide bonds. The van der Waals surface area contributed by atoms with Crippen LogP contribution >= 0.6 is 11.6 Å². The Hall–Kier alpha value is -2.48. The molecule has 0 spiro atoms. The van der Waals surface area contributed by atoms with Gasteiger partial charge in [0.2, 0.25) is 0 Å². The number of halogens is 6. The molecule has 0 N–H and O–H groups in total. The molecule has 0 radical (unpaired) electrons. The zero-order valence-electron chi connectivity index (χ0n) is 11.7. The third kappa shape index (κ3) is 2.96. The molecule has 9 heteroatoms. The molecule has 2 aromatic carbocycles. The second-order valence-electron chi connectivity index (χ2n) is 4.76. The lowest BCUT2D eigenvalue weighted by Gasteiger charge is -2.11. The van der Waals surface area contributed by atoms with Gasteiger partial charge >= 0.3 is 12.3 Å². The Labute approximate surface area is 137 Å². The fourth-order valence-corrected chi connectivity index (χ4v) is 2.38. The van der Waals surface area contributed by atoms with Crippen LogP contribution in [-0.2, 0) is 6.18 Å². The minimum absolute atomic E-state index is 0.0868. The zero-order chi connectivity index (χ0) is 17.5. The van der Waals surface area contributed by atoms with E-state index in [1.807, 2.05) is 0 Å². The Morgan fingerprint density at radius 3 is 2.38 bits per heavy atom. The first-order chi connectivity index (χ1) is 11.3. The topological polar surface area (TPSA) is 30.7 Å². The van der Waals surface area contributed by atoms with E-state index >= 15 is 0 Å². The van der Waals surface area contributed by atoms with Crippen LogP contribution in [0.4, 0.5) is 22.0 Å². The van der Waals surface area contributed by atoms with E-state index in [-0.39, 0.29) is 16.4 Å². The lowest BCUT2D eigenvalue weighted by Crippen LogP contribution is -2.12. The molecule has 0 bridgehead atoms. The first kappa shape index (κ1) is 16.4. The summed E-state index contributed by atoms with van der Waals surface area (Å²) in [6.45, 7) is 0. The van der Waals surface area contributed by atoms with E-state index < -0.39 is 29.3 Å². The second kappa shape index (κ2) is 5.86. The van der Waals surface area contributed by atoms with Crippen molar-refractivity contribution in [2.45, 2.75) is 6.18 Å². The van der Waals surface area contributed by atoms with Gasteiger partial charge in [0.1, 0.15) is 5.82 Å². The van der Waals surface area contributed by atoms with Crippen LogP contribution < -0.4 is 0 Å². The Bertz CT molecular complexity index is 904. The largest absolute Gasteiger partial charge is 0.418 e. The summed E-state index contributed by atoms with van der Waals surface area (Å²) >= 11 is 5.84. The molecule has 0 aliphatic heterocycles. The highest BCUT2D eigenvalue weighted by atomic mass is 35.5. The van der Waals surface area contributed by atoms with E-state index in [0.29, 0.717) is 4.68 Å². The van der Waals surface area contributed by atoms with Crippen LogP contribution in [0.5, 0.6) is 0 Å². The van der Waals surface area contributed by atoms with E-state index in [1.165, 1.54) is 18.2 Å². The summed E-state index contributed by atoms with van der Waals surface area (Å²) in [5.41, 5.74) is -1.48. The number of aromatic nitrogens is 3. The number of rotatable bonds is 2. The van der Waals surface area contributed by atoms with E-state index in [1.54, 1.807) is 0 Å². The summed E-state index contributed by atoms with van der Waals surface area (Å²) in [4.78, 5) is 3.48. The summed E-state index contributed by atoms with van der Waals surface area (Å²) in [5.74, 6) is -0.874. The van der Waals surface area contributed by atoms with Crippen molar-refractivity contribution in [1.29, 1.82) is 0 Å². The average Bonchev–Trinajstić information content (AvgIpc) is 2.88. The minimum atomic E-state index is -4.69. The average molecular weight is 360 g/mol. The van der Waals surface area contributed by atoms with Crippen LogP contribution in [-0.4, -0.2) is 14.8 Å². The highest BCUT2D eigenvalue weighted by molar-refractivity contribution is 6.33. The first-order valence-corrected chi connectivity index (χ1v) is 6.90. The van der Waals surface area contributed by atoms with Crippen molar-refractivity contribution in [3.63, 3.8) is 0 Å². The third-order valence-corrected chi connectivity index (χ3v) is 3.49. The highest BCUT2D eigenvalue weighted by Crippen LogP contribution is 2.34. The monoisotopic (exact) mass is 359 g/mol. The fraction of sp³-hybridized carbons (Fsp3) is 0.0667. The maximum atomic E-state index is 14.1. The van der Waals surface area contributed by atoms with Gasteiger partial charge in [0.15, 0.2) is 5.82 Å². The van der Waals surface area contributed by atoms with Crippen LogP contribution in [0.2, 0.25) is 5.02 Å². The van der Waals surface area contributed by atoms with Gasteiger partial charge in [-0.2, -0.15) is 27.2 Å². The van der Waals surface area contributed by atoms with E-state index in [9.17, 15) is 22.0 Å². The van der Waals surface area contributed by atoms with Crippen LogP contribution in [0.1, 0.15) is 5.56 Å². The standard InChI is InChI=1S/C15H7ClF5N3/c16-11-7-8(17)5-6-9(11)13-22-14(18)24(23-13)12-4-2-1-3-10(12)15(19,20)21/h1-7H. The normalized spacial score (nSPS) is 11.8. The summed E-state index contributed by atoms with van der Waals surface area (Å²) in [7, 11) is 0. The van der Waals surface area contributed by atoms with Gasteiger partial charge in [-0.1, -0.05) is 23.7 Å². The summed E-state index contributed by atoms with van der Waals surface area (Å²) < 4.78 is 66.7. The molecular formula is C15H7ClF5N3. The van der Waals surface area contributed by atoms with Gasteiger partial charge in [-0.3, -0.25) is 0 Å². The van der Waals surface area contributed by atoms with E-state index in [2.05, 4.69) is 10.1 Å². The van der Waals surface area contributed by atoms with Crippen LogP contribution in [0, 0.1) is 11.9 Å². The molecule has 3 aromatic rings. The molecular weight excluding hydrogens is 353 g/mol. The van der Waals surface area contributed by atoms with Crippen molar-refractivity contribution < 1.29 is 22.0 Å². The van der Waals surface area contributed by atoms with Crippen molar-refractivity contribution in [3.05, 3.63) is 64.9 Å². The van der Waals surface area contributed by atoms with Gasteiger partial charge < -0.3 is 0 Å². The molecule has 3 rings (SSSR count). The van der Waals surface area contributed by atoms with Crippen molar-refractivity contribution in [1.82, 2.24) is 14.8 Å². The van der Waals surface area contributed by atoms with Crippen LogP contribution in [0.3, 0.4) is 0 Å². The SMILES string of the molecule is Fc1ccc(-c2nc(F)n(-c3ccccc3C(F)(F)F)n2)c(Cl)c1. The number of hydrogen-bond donors (Lipinski definition) is 0. The predicted octanol–water partition coefficient (Wildman–Crippen LogP) is 4.88. The van der Waals surface area contributed by atoms with Crippen molar-refractivity contribution in [2.24, 2.45) is 0 Å². The molecule has 0 aliphatic rings. The number of hydrogen-bond acceptors (Lipinski definition) is 2. The Morgan fingerprint density at radius 1 is 1.00 bits per heavy atom. The molecule has 0 fully saturated rings. The maximum absolute atomic E-state index is 14.1. The molecule has 24 heavy (non-hydrogen) atoms. The molecule has 124 valence electrons. The van der Waals surface area contributed by atoms with Gasteiger partial charge in [-0.05, 0) is 30.3 Å².